The number of carbonyl (C=O) groups excluding carboxylic acids is 1. The first kappa shape index (κ1) is 16.1. The van der Waals surface area contributed by atoms with E-state index in [4.69, 9.17) is 29.0 Å². The molecule has 0 aromatic heterocycles. The summed E-state index contributed by atoms with van der Waals surface area (Å²) in [6.07, 6.45) is 0. The molecule has 0 spiro atoms. The van der Waals surface area contributed by atoms with E-state index in [1.165, 1.54) is 0 Å². The van der Waals surface area contributed by atoms with Crippen molar-refractivity contribution in [2.75, 3.05) is 10.7 Å². The van der Waals surface area contributed by atoms with Crippen LogP contribution in [0.3, 0.4) is 0 Å². The van der Waals surface area contributed by atoms with Crippen LogP contribution in [0.1, 0.15) is 15.9 Å². The van der Waals surface area contributed by atoms with Gasteiger partial charge >= 0.3 is 0 Å². The normalized spacial score (nSPS) is 10.3. The summed E-state index contributed by atoms with van der Waals surface area (Å²) in [6.45, 7) is 1.82. The van der Waals surface area contributed by atoms with Crippen molar-refractivity contribution in [3.8, 4) is 0 Å². The zero-order chi connectivity index (χ0) is 15.6. The Hall–Kier alpha value is -1.27. The molecule has 0 unspecified atom stereocenters. The van der Waals surface area contributed by atoms with Crippen molar-refractivity contribution in [1.82, 2.24) is 0 Å². The SMILES string of the molecule is Cc1cc(NN)ccc1C(=O)Nc1c(Cl)cc(Br)cc1Cl. The number of nitrogen functional groups attached to an aromatic ring is 1. The van der Waals surface area contributed by atoms with E-state index in [1.54, 1.807) is 30.3 Å². The van der Waals surface area contributed by atoms with Crippen LogP contribution in [-0.2, 0) is 0 Å². The van der Waals surface area contributed by atoms with Crippen molar-refractivity contribution in [3.05, 3.63) is 56.0 Å². The predicted octanol–water partition coefficient (Wildman–Crippen LogP) is 4.60. The van der Waals surface area contributed by atoms with Crippen molar-refractivity contribution in [2.45, 2.75) is 6.92 Å². The number of rotatable bonds is 3. The number of hydrazine groups is 1. The van der Waals surface area contributed by atoms with Crippen LogP contribution in [0.5, 0.6) is 0 Å². The number of carbonyl (C=O) groups is 1. The number of amides is 1. The Labute approximate surface area is 140 Å². The van der Waals surface area contributed by atoms with Crippen LogP contribution >= 0.6 is 39.1 Å². The fourth-order valence-electron chi connectivity index (χ4n) is 1.85. The lowest BCUT2D eigenvalue weighted by atomic mass is 10.1. The van der Waals surface area contributed by atoms with Gasteiger partial charge in [-0.15, -0.1) is 0 Å². The van der Waals surface area contributed by atoms with Crippen molar-refractivity contribution < 1.29 is 4.79 Å². The second kappa shape index (κ2) is 6.66. The maximum Gasteiger partial charge on any atom is 0.256 e. The number of aryl methyl sites for hydroxylation is 1. The van der Waals surface area contributed by atoms with Gasteiger partial charge in [-0.2, -0.15) is 0 Å². The summed E-state index contributed by atoms with van der Waals surface area (Å²) in [5.41, 5.74) is 4.94. The third kappa shape index (κ3) is 3.68. The number of nitrogens with two attached hydrogens (primary N) is 1. The Morgan fingerprint density at radius 1 is 1.19 bits per heavy atom. The first-order chi connectivity index (χ1) is 9.92. The molecule has 0 aliphatic heterocycles. The van der Waals surface area contributed by atoms with Gasteiger partial charge in [0, 0.05) is 15.7 Å². The fraction of sp³-hybridized carbons (Fsp3) is 0.0714. The highest BCUT2D eigenvalue weighted by molar-refractivity contribution is 9.10. The maximum atomic E-state index is 12.3. The van der Waals surface area contributed by atoms with Gasteiger partial charge in [0.05, 0.1) is 15.7 Å². The Morgan fingerprint density at radius 3 is 2.33 bits per heavy atom. The number of nitrogens with one attached hydrogen (secondary N) is 2. The molecule has 0 bridgehead atoms. The molecule has 0 fully saturated rings. The van der Waals surface area contributed by atoms with Crippen LogP contribution in [0, 0.1) is 6.92 Å². The highest BCUT2D eigenvalue weighted by Gasteiger charge is 2.14. The van der Waals surface area contributed by atoms with Crippen molar-refractivity contribution >= 4 is 56.4 Å². The molecule has 2 aromatic carbocycles. The van der Waals surface area contributed by atoms with Gasteiger partial charge in [0.15, 0.2) is 0 Å². The number of halogens is 3. The minimum atomic E-state index is -0.290. The average Bonchev–Trinajstić information content (AvgIpc) is 2.42. The Bertz CT molecular complexity index is 684. The molecule has 21 heavy (non-hydrogen) atoms. The number of hydrogen-bond acceptors (Lipinski definition) is 3. The summed E-state index contributed by atoms with van der Waals surface area (Å²) in [6, 6.07) is 8.50. The molecular formula is C14H12BrCl2N3O. The molecule has 0 saturated heterocycles. The molecule has 2 rings (SSSR count). The topological polar surface area (TPSA) is 67.1 Å². The summed E-state index contributed by atoms with van der Waals surface area (Å²) in [7, 11) is 0. The molecule has 7 heteroatoms. The molecular weight excluding hydrogens is 377 g/mol. The van der Waals surface area contributed by atoms with Gasteiger partial charge in [-0.05, 0) is 42.8 Å². The Balaban J connectivity index is 2.30. The van der Waals surface area contributed by atoms with Gasteiger partial charge in [0.25, 0.3) is 5.91 Å². The van der Waals surface area contributed by atoms with E-state index in [0.717, 1.165) is 15.7 Å². The van der Waals surface area contributed by atoms with Crippen LogP contribution in [-0.4, -0.2) is 5.91 Å². The average molecular weight is 389 g/mol. The Kier molecular flexibility index (Phi) is 5.11. The molecule has 0 aliphatic rings. The van der Waals surface area contributed by atoms with E-state index in [2.05, 4.69) is 26.7 Å². The van der Waals surface area contributed by atoms with E-state index in [1.807, 2.05) is 6.92 Å². The van der Waals surface area contributed by atoms with Crippen LogP contribution in [0.4, 0.5) is 11.4 Å². The second-order valence-corrected chi connectivity index (χ2v) is 6.10. The van der Waals surface area contributed by atoms with E-state index in [0.29, 0.717) is 21.3 Å². The minimum Gasteiger partial charge on any atom is -0.324 e. The van der Waals surface area contributed by atoms with E-state index in [9.17, 15) is 4.79 Å². The molecule has 0 atom stereocenters. The first-order valence-corrected chi connectivity index (χ1v) is 7.50. The smallest absolute Gasteiger partial charge is 0.256 e. The summed E-state index contributed by atoms with van der Waals surface area (Å²) in [5.74, 6) is 5.04. The summed E-state index contributed by atoms with van der Waals surface area (Å²) >= 11 is 15.5. The van der Waals surface area contributed by atoms with Crippen molar-refractivity contribution in [1.29, 1.82) is 0 Å². The number of hydrogen-bond donors (Lipinski definition) is 3. The van der Waals surface area contributed by atoms with Gasteiger partial charge in [0.1, 0.15) is 0 Å². The number of anilines is 2. The third-order valence-electron chi connectivity index (χ3n) is 2.88. The molecule has 0 radical (unpaired) electrons. The van der Waals surface area contributed by atoms with Crippen LogP contribution in [0.25, 0.3) is 0 Å². The van der Waals surface area contributed by atoms with Gasteiger partial charge in [-0.25, -0.2) is 0 Å². The lowest BCUT2D eigenvalue weighted by molar-refractivity contribution is 0.102. The second-order valence-electron chi connectivity index (χ2n) is 4.37. The van der Waals surface area contributed by atoms with Crippen molar-refractivity contribution in [3.63, 3.8) is 0 Å². The molecule has 2 aromatic rings. The largest absolute Gasteiger partial charge is 0.324 e. The van der Waals surface area contributed by atoms with Gasteiger partial charge in [-0.3, -0.25) is 10.6 Å². The molecule has 0 saturated carbocycles. The predicted molar refractivity (Wildman–Crippen MR) is 91.1 cm³/mol. The minimum absolute atomic E-state index is 0.290. The van der Waals surface area contributed by atoms with Crippen LogP contribution < -0.4 is 16.6 Å². The van der Waals surface area contributed by atoms with Crippen molar-refractivity contribution in [2.24, 2.45) is 5.84 Å². The zero-order valence-electron chi connectivity index (χ0n) is 11.0. The fourth-order valence-corrected chi connectivity index (χ4v) is 3.15. The molecule has 4 N–H and O–H groups in total. The van der Waals surface area contributed by atoms with E-state index >= 15 is 0 Å². The zero-order valence-corrected chi connectivity index (χ0v) is 14.1. The lowest BCUT2D eigenvalue weighted by Crippen LogP contribution is -2.15. The third-order valence-corrected chi connectivity index (χ3v) is 3.94. The molecule has 4 nitrogen and oxygen atoms in total. The highest BCUT2D eigenvalue weighted by Crippen LogP contribution is 2.34. The lowest BCUT2D eigenvalue weighted by Gasteiger charge is -2.12. The maximum absolute atomic E-state index is 12.3. The van der Waals surface area contributed by atoms with Gasteiger partial charge in [0.2, 0.25) is 0 Å². The quantitative estimate of drug-likeness (QED) is 0.531. The summed E-state index contributed by atoms with van der Waals surface area (Å²) in [4.78, 5) is 12.3. The number of benzene rings is 2. The van der Waals surface area contributed by atoms with Crippen LogP contribution in [0.2, 0.25) is 10.0 Å². The van der Waals surface area contributed by atoms with E-state index < -0.39 is 0 Å². The molecule has 0 aliphatic carbocycles. The van der Waals surface area contributed by atoms with Gasteiger partial charge < -0.3 is 10.7 Å². The standard InChI is InChI=1S/C14H12BrCl2N3O/c1-7-4-9(20-18)2-3-10(7)14(21)19-13-11(16)5-8(15)6-12(13)17/h2-6,20H,18H2,1H3,(H,19,21). The highest BCUT2D eigenvalue weighted by atomic mass is 79.9. The summed E-state index contributed by atoms with van der Waals surface area (Å²) < 4.78 is 0.741. The molecule has 0 heterocycles. The first-order valence-electron chi connectivity index (χ1n) is 5.95. The summed E-state index contributed by atoms with van der Waals surface area (Å²) in [5, 5.41) is 3.45. The van der Waals surface area contributed by atoms with Crippen LogP contribution in [0.15, 0.2) is 34.8 Å². The molecule has 1 amide bonds. The monoisotopic (exact) mass is 387 g/mol. The Morgan fingerprint density at radius 2 is 1.81 bits per heavy atom. The molecule has 110 valence electrons. The van der Waals surface area contributed by atoms with Gasteiger partial charge in [-0.1, -0.05) is 39.1 Å². The van der Waals surface area contributed by atoms with E-state index in [-0.39, 0.29) is 5.91 Å².